The van der Waals surface area contributed by atoms with E-state index in [2.05, 4.69) is 45.6 Å². The van der Waals surface area contributed by atoms with Crippen molar-refractivity contribution in [2.24, 2.45) is 10.7 Å². The monoisotopic (exact) mass is 493 g/mol. The molecule has 1 fully saturated rings. The van der Waals surface area contributed by atoms with Gasteiger partial charge < -0.3 is 25.8 Å². The Balaban J connectivity index is 1.53. The molecule has 3 rings (SSSR count). The normalized spacial score (nSPS) is 18.4. The lowest BCUT2D eigenvalue weighted by molar-refractivity contribution is 0.0764. The van der Waals surface area contributed by atoms with E-state index in [0.29, 0.717) is 29.8 Å². The second-order valence-electron chi connectivity index (χ2n) is 9.62. The van der Waals surface area contributed by atoms with Gasteiger partial charge in [0, 0.05) is 42.8 Å². The lowest BCUT2D eigenvalue weighted by Crippen LogP contribution is -2.43. The number of aliphatic imine (C=N–C) groups is 1. The van der Waals surface area contributed by atoms with Crippen molar-refractivity contribution < 1.29 is 4.79 Å². The molecular weight excluding hydrogens is 450 g/mol. The number of nitrogens with one attached hydrogen (secondary N) is 2. The van der Waals surface area contributed by atoms with E-state index < -0.39 is 0 Å². The predicted octanol–water partition coefficient (Wildman–Crippen LogP) is 4.08. The maximum atomic E-state index is 13.2. The maximum Gasteiger partial charge on any atom is 0.254 e. The summed E-state index contributed by atoms with van der Waals surface area (Å²) < 4.78 is 0. The van der Waals surface area contributed by atoms with Gasteiger partial charge in [-0.25, -0.2) is 9.98 Å². The van der Waals surface area contributed by atoms with E-state index in [1.54, 1.807) is 17.3 Å². The lowest BCUT2D eigenvalue weighted by atomic mass is 9.89. The molecule has 196 valence electrons. The molecule has 0 bridgehead atoms. The van der Waals surface area contributed by atoms with Gasteiger partial charge in [0.05, 0.1) is 13.1 Å². The second kappa shape index (κ2) is 14.6. The number of imidazole rings is 1. The van der Waals surface area contributed by atoms with Crippen LogP contribution in [0.5, 0.6) is 0 Å². The molecule has 1 aliphatic rings. The van der Waals surface area contributed by atoms with Gasteiger partial charge in [0.2, 0.25) is 0 Å². The summed E-state index contributed by atoms with van der Waals surface area (Å²) in [6.45, 7) is 11.9. The van der Waals surface area contributed by atoms with Crippen LogP contribution in [0.4, 0.5) is 0 Å². The van der Waals surface area contributed by atoms with Gasteiger partial charge in [0.25, 0.3) is 5.91 Å². The first-order chi connectivity index (χ1) is 17.5. The topological polar surface area (TPSA) is 103 Å². The van der Waals surface area contributed by atoms with Crippen LogP contribution in [0.15, 0.2) is 54.4 Å². The Morgan fingerprint density at radius 1 is 1.19 bits per heavy atom. The molecule has 0 radical (unpaired) electrons. The van der Waals surface area contributed by atoms with Gasteiger partial charge in [0.15, 0.2) is 0 Å². The molecule has 36 heavy (non-hydrogen) atoms. The standard InChI is InChI=1S/C28H43N7O/c1-4-17-34(18-5-2)25-13-11-24(12-14-25)33-19-22-7-9-23(10-8-22)28(36)35(20-26(29)30-6-3)21-27-31-15-16-32-27/h6-10,15-16,24-25,33H,3-5,11-14,17-21H2,1-2H3,(H2,29,30)(H,31,32). The Morgan fingerprint density at radius 3 is 2.47 bits per heavy atom. The fraction of sp³-hybridized carbons (Fsp3) is 0.536. The first-order valence-corrected chi connectivity index (χ1v) is 13.3. The molecule has 0 unspecified atom stereocenters. The van der Waals surface area contributed by atoms with Crippen molar-refractivity contribution >= 4 is 11.7 Å². The minimum atomic E-state index is -0.116. The zero-order valence-electron chi connectivity index (χ0n) is 22.0. The smallest absolute Gasteiger partial charge is 0.254 e. The molecular formula is C28H43N7O. The van der Waals surface area contributed by atoms with E-state index in [1.807, 2.05) is 24.3 Å². The minimum absolute atomic E-state index is 0.116. The summed E-state index contributed by atoms with van der Waals surface area (Å²) in [5, 5.41) is 3.73. The number of carbonyl (C=O) groups is 1. The number of rotatable bonds is 14. The maximum absolute atomic E-state index is 13.2. The highest BCUT2D eigenvalue weighted by molar-refractivity contribution is 5.97. The molecule has 8 nitrogen and oxygen atoms in total. The van der Waals surface area contributed by atoms with E-state index in [4.69, 9.17) is 5.73 Å². The number of amides is 1. The summed E-state index contributed by atoms with van der Waals surface area (Å²) in [7, 11) is 0. The Morgan fingerprint density at radius 2 is 1.89 bits per heavy atom. The van der Waals surface area contributed by atoms with Gasteiger partial charge in [-0.2, -0.15) is 0 Å². The summed E-state index contributed by atoms with van der Waals surface area (Å²) in [6, 6.07) is 9.13. The molecule has 1 aromatic carbocycles. The van der Waals surface area contributed by atoms with Crippen LogP contribution in [0.25, 0.3) is 0 Å². The van der Waals surface area contributed by atoms with Crippen LogP contribution in [0.2, 0.25) is 0 Å². The molecule has 1 saturated carbocycles. The second-order valence-corrected chi connectivity index (χ2v) is 9.62. The van der Waals surface area contributed by atoms with Crippen LogP contribution in [-0.2, 0) is 13.1 Å². The van der Waals surface area contributed by atoms with E-state index >= 15 is 0 Å². The highest BCUT2D eigenvalue weighted by atomic mass is 16.2. The zero-order chi connectivity index (χ0) is 25.8. The molecule has 2 aromatic rings. The number of nitrogens with two attached hydrogens (primary N) is 1. The Bertz CT molecular complexity index is 941. The largest absolute Gasteiger partial charge is 0.386 e. The number of hydrogen-bond acceptors (Lipinski definition) is 5. The summed E-state index contributed by atoms with van der Waals surface area (Å²) in [5.41, 5.74) is 7.76. The molecule has 1 aliphatic carbocycles. The van der Waals surface area contributed by atoms with E-state index in [0.717, 1.165) is 12.6 Å². The van der Waals surface area contributed by atoms with Gasteiger partial charge in [-0.3, -0.25) is 4.79 Å². The van der Waals surface area contributed by atoms with E-state index in [1.165, 1.54) is 63.4 Å². The highest BCUT2D eigenvalue weighted by Gasteiger charge is 2.25. The molecule has 0 saturated heterocycles. The SMILES string of the molecule is C=CN=C(N)CN(Cc1ncc[nH]1)C(=O)c1ccc(CNC2CCC(N(CCC)CCC)CC2)cc1. The number of H-pyrrole nitrogens is 1. The third-order valence-corrected chi connectivity index (χ3v) is 6.82. The molecule has 1 amide bonds. The number of nitrogens with zero attached hydrogens (tertiary/aromatic N) is 4. The Kier molecular flexibility index (Phi) is 11.2. The minimum Gasteiger partial charge on any atom is -0.386 e. The number of aromatic amines is 1. The lowest BCUT2D eigenvalue weighted by Gasteiger charge is -2.37. The Labute approximate surface area is 216 Å². The van der Waals surface area contributed by atoms with Crippen LogP contribution < -0.4 is 11.1 Å². The number of aromatic nitrogens is 2. The summed E-state index contributed by atoms with van der Waals surface area (Å²) >= 11 is 0. The van der Waals surface area contributed by atoms with Crippen molar-refractivity contribution in [2.45, 2.75) is 77.5 Å². The first kappa shape index (κ1) is 27.6. The Hall–Kier alpha value is -2.97. The van der Waals surface area contributed by atoms with Crippen molar-refractivity contribution in [2.75, 3.05) is 19.6 Å². The molecule has 1 aromatic heterocycles. The van der Waals surface area contributed by atoms with Gasteiger partial charge in [-0.05, 0) is 69.3 Å². The van der Waals surface area contributed by atoms with Crippen LogP contribution in [0.1, 0.15) is 74.1 Å². The quantitative estimate of drug-likeness (QED) is 0.272. The average molecular weight is 494 g/mol. The number of benzene rings is 1. The van der Waals surface area contributed by atoms with Gasteiger partial charge in [0.1, 0.15) is 11.7 Å². The van der Waals surface area contributed by atoms with E-state index in [9.17, 15) is 4.79 Å². The van der Waals surface area contributed by atoms with Crippen molar-refractivity contribution in [1.82, 2.24) is 25.1 Å². The van der Waals surface area contributed by atoms with Gasteiger partial charge >= 0.3 is 0 Å². The number of amidine groups is 1. The highest BCUT2D eigenvalue weighted by Crippen LogP contribution is 2.24. The van der Waals surface area contributed by atoms with E-state index in [-0.39, 0.29) is 12.5 Å². The van der Waals surface area contributed by atoms with Crippen molar-refractivity contribution in [3.05, 3.63) is 66.4 Å². The fourth-order valence-electron chi connectivity index (χ4n) is 5.02. The van der Waals surface area contributed by atoms with Crippen LogP contribution in [0.3, 0.4) is 0 Å². The third kappa shape index (κ3) is 8.31. The molecule has 0 atom stereocenters. The third-order valence-electron chi connectivity index (χ3n) is 6.82. The molecule has 8 heteroatoms. The number of carbonyl (C=O) groups excluding carboxylic acids is 1. The van der Waals surface area contributed by atoms with Crippen LogP contribution in [-0.4, -0.2) is 63.2 Å². The van der Waals surface area contributed by atoms with Crippen molar-refractivity contribution in [1.29, 1.82) is 0 Å². The molecule has 4 N–H and O–H groups in total. The summed E-state index contributed by atoms with van der Waals surface area (Å²) in [5.74, 6) is 0.904. The zero-order valence-corrected chi connectivity index (χ0v) is 22.0. The van der Waals surface area contributed by atoms with Gasteiger partial charge in [-0.1, -0.05) is 32.6 Å². The first-order valence-electron chi connectivity index (χ1n) is 13.3. The van der Waals surface area contributed by atoms with Crippen molar-refractivity contribution in [3.8, 4) is 0 Å². The summed E-state index contributed by atoms with van der Waals surface area (Å²) in [6.07, 6.45) is 12.2. The molecule has 0 aliphatic heterocycles. The average Bonchev–Trinajstić information content (AvgIpc) is 3.40. The predicted molar refractivity (Wildman–Crippen MR) is 147 cm³/mol. The number of hydrogen-bond donors (Lipinski definition) is 3. The summed E-state index contributed by atoms with van der Waals surface area (Å²) in [4.78, 5) is 28.8. The van der Waals surface area contributed by atoms with Crippen molar-refractivity contribution in [3.63, 3.8) is 0 Å². The molecule has 0 spiro atoms. The molecule has 1 heterocycles. The fourth-order valence-corrected chi connectivity index (χ4v) is 5.02. The van der Waals surface area contributed by atoms with Crippen LogP contribution in [0, 0.1) is 0 Å². The van der Waals surface area contributed by atoms with Crippen LogP contribution >= 0.6 is 0 Å². The van der Waals surface area contributed by atoms with Gasteiger partial charge in [-0.15, -0.1) is 0 Å².